The summed E-state index contributed by atoms with van der Waals surface area (Å²) in [5, 5.41) is 23.0. The monoisotopic (exact) mass is 423 g/mol. The van der Waals surface area contributed by atoms with Gasteiger partial charge in [-0.3, -0.25) is 15.0 Å². The van der Waals surface area contributed by atoms with Crippen molar-refractivity contribution in [3.63, 3.8) is 0 Å². The Bertz CT molecular complexity index is 922. The molecule has 164 valence electrons. The lowest BCUT2D eigenvalue weighted by atomic mass is 10.1. The van der Waals surface area contributed by atoms with Gasteiger partial charge in [0.25, 0.3) is 5.69 Å². The molecule has 0 amide bonds. The van der Waals surface area contributed by atoms with E-state index >= 15 is 0 Å². The fourth-order valence-corrected chi connectivity index (χ4v) is 4.45. The summed E-state index contributed by atoms with van der Waals surface area (Å²) in [5.74, 6) is 0. The lowest BCUT2D eigenvalue weighted by molar-refractivity contribution is -0.939. The van der Waals surface area contributed by atoms with E-state index in [2.05, 4.69) is 32.6 Å². The number of non-ortho nitro benzene ring substituents is 1. The zero-order chi connectivity index (χ0) is 21.7. The standard InChI is InChI=1S/C23H31N6O2/c1-19-18-22(28(30)31)6-7-23(19)26-25-21-4-2-20(3-5-21)8-9-24-10-14-29-15-11-27(12-16-29)13-17-29/h2-7,18,24H,8-17H2,1H3/q+1. The van der Waals surface area contributed by atoms with Gasteiger partial charge in [-0.25, -0.2) is 0 Å². The van der Waals surface area contributed by atoms with Crippen molar-refractivity contribution in [2.45, 2.75) is 13.3 Å². The number of nitro benzene ring substituents is 1. The highest BCUT2D eigenvalue weighted by molar-refractivity contribution is 5.51. The fourth-order valence-electron chi connectivity index (χ4n) is 4.45. The van der Waals surface area contributed by atoms with Crippen LogP contribution in [0.5, 0.6) is 0 Å². The second-order valence-corrected chi connectivity index (χ2v) is 8.67. The molecule has 0 radical (unpaired) electrons. The van der Waals surface area contributed by atoms with Crippen molar-refractivity contribution >= 4 is 17.1 Å². The molecule has 31 heavy (non-hydrogen) atoms. The van der Waals surface area contributed by atoms with Crippen LogP contribution in [0.2, 0.25) is 0 Å². The smallest absolute Gasteiger partial charge is 0.269 e. The average molecular weight is 424 g/mol. The maximum Gasteiger partial charge on any atom is 0.269 e. The third-order valence-electron chi connectivity index (χ3n) is 6.63. The van der Waals surface area contributed by atoms with E-state index < -0.39 is 4.92 Å². The summed E-state index contributed by atoms with van der Waals surface area (Å²) < 4.78 is 1.30. The van der Waals surface area contributed by atoms with E-state index in [1.807, 2.05) is 12.1 Å². The first-order valence-electron chi connectivity index (χ1n) is 11.1. The molecule has 2 aromatic carbocycles. The minimum Gasteiger partial charge on any atom is -0.319 e. The summed E-state index contributed by atoms with van der Waals surface area (Å²) in [4.78, 5) is 13.0. The van der Waals surface area contributed by atoms with Gasteiger partial charge in [0, 0.05) is 38.3 Å². The van der Waals surface area contributed by atoms with E-state index in [1.165, 1.54) is 68.0 Å². The molecule has 0 aromatic heterocycles. The number of benzene rings is 2. The Morgan fingerprint density at radius 2 is 1.74 bits per heavy atom. The van der Waals surface area contributed by atoms with Gasteiger partial charge in [-0.2, -0.15) is 10.2 Å². The minimum atomic E-state index is -0.404. The maximum atomic E-state index is 10.8. The topological polar surface area (TPSA) is 83.1 Å². The number of nitrogens with one attached hydrogen (secondary N) is 1. The number of quaternary nitrogens is 1. The van der Waals surface area contributed by atoms with Crippen LogP contribution >= 0.6 is 0 Å². The maximum absolute atomic E-state index is 10.8. The van der Waals surface area contributed by atoms with Crippen molar-refractivity contribution in [2.24, 2.45) is 10.2 Å². The fraction of sp³-hybridized carbons (Fsp3) is 0.478. The molecule has 2 aromatic rings. The second kappa shape index (κ2) is 9.64. The van der Waals surface area contributed by atoms with Crippen molar-refractivity contribution in [2.75, 3.05) is 58.9 Å². The van der Waals surface area contributed by atoms with E-state index in [0.717, 1.165) is 30.8 Å². The number of nitrogens with zero attached hydrogens (tertiary/aromatic N) is 5. The van der Waals surface area contributed by atoms with Gasteiger partial charge >= 0.3 is 0 Å². The van der Waals surface area contributed by atoms with E-state index in [1.54, 1.807) is 13.0 Å². The van der Waals surface area contributed by atoms with Crippen molar-refractivity contribution in [3.05, 3.63) is 63.7 Å². The molecule has 3 aliphatic rings. The van der Waals surface area contributed by atoms with E-state index in [9.17, 15) is 10.1 Å². The summed E-state index contributed by atoms with van der Waals surface area (Å²) in [5.41, 5.74) is 3.49. The quantitative estimate of drug-likeness (QED) is 0.220. The zero-order valence-electron chi connectivity index (χ0n) is 18.2. The van der Waals surface area contributed by atoms with Crippen LogP contribution in [0, 0.1) is 17.0 Å². The number of fused-ring (bicyclic) bond motifs is 3. The van der Waals surface area contributed by atoms with Crippen molar-refractivity contribution in [3.8, 4) is 0 Å². The molecule has 3 heterocycles. The Labute approximate surface area is 183 Å². The van der Waals surface area contributed by atoms with Crippen molar-refractivity contribution < 1.29 is 9.41 Å². The molecule has 0 atom stereocenters. The number of aryl methyl sites for hydroxylation is 1. The molecule has 0 aliphatic carbocycles. The Morgan fingerprint density at radius 1 is 1.03 bits per heavy atom. The highest BCUT2D eigenvalue weighted by Crippen LogP contribution is 2.26. The van der Waals surface area contributed by atoms with Crippen LogP contribution in [-0.2, 0) is 6.42 Å². The SMILES string of the molecule is Cc1cc([N+](=O)[O-])ccc1N=Nc1ccc(CCNCC[N+]23CCN(CC2)CC3)cc1. The van der Waals surface area contributed by atoms with Crippen molar-refractivity contribution in [1.29, 1.82) is 0 Å². The third-order valence-corrected chi connectivity index (χ3v) is 6.63. The van der Waals surface area contributed by atoms with Crippen LogP contribution in [-0.4, -0.2) is 73.2 Å². The molecule has 8 nitrogen and oxygen atoms in total. The molecule has 0 saturated carbocycles. The Balaban J connectivity index is 1.21. The summed E-state index contributed by atoms with van der Waals surface area (Å²) in [6, 6.07) is 12.7. The van der Waals surface area contributed by atoms with Crippen LogP contribution in [0.1, 0.15) is 11.1 Å². The van der Waals surface area contributed by atoms with Crippen LogP contribution < -0.4 is 5.32 Å². The molecule has 3 saturated heterocycles. The number of azo groups is 1. The molecule has 2 bridgehead atoms. The van der Waals surface area contributed by atoms with Crippen LogP contribution in [0.4, 0.5) is 17.1 Å². The summed E-state index contributed by atoms with van der Waals surface area (Å²) >= 11 is 0. The normalized spacial score (nSPS) is 22.8. The predicted molar refractivity (Wildman–Crippen MR) is 121 cm³/mol. The van der Waals surface area contributed by atoms with Crippen molar-refractivity contribution in [1.82, 2.24) is 10.2 Å². The second-order valence-electron chi connectivity index (χ2n) is 8.67. The van der Waals surface area contributed by atoms with Crippen LogP contribution in [0.15, 0.2) is 52.7 Å². The lowest BCUT2D eigenvalue weighted by Gasteiger charge is -2.50. The Hall–Kier alpha value is -2.68. The average Bonchev–Trinajstić information content (AvgIpc) is 2.80. The molecular formula is C23H31N6O2+. The van der Waals surface area contributed by atoms with Gasteiger partial charge in [-0.1, -0.05) is 12.1 Å². The molecule has 1 N–H and O–H groups in total. The van der Waals surface area contributed by atoms with Gasteiger partial charge in [-0.15, -0.1) is 0 Å². The number of nitro groups is 1. The zero-order valence-corrected chi connectivity index (χ0v) is 18.2. The summed E-state index contributed by atoms with van der Waals surface area (Å²) in [7, 11) is 0. The molecular weight excluding hydrogens is 392 g/mol. The van der Waals surface area contributed by atoms with E-state index in [-0.39, 0.29) is 5.69 Å². The summed E-state index contributed by atoms with van der Waals surface area (Å²) in [6.45, 7) is 12.9. The number of hydrogen-bond donors (Lipinski definition) is 1. The van der Waals surface area contributed by atoms with Gasteiger partial charge < -0.3 is 9.80 Å². The van der Waals surface area contributed by atoms with Crippen LogP contribution in [0.25, 0.3) is 0 Å². The Morgan fingerprint density at radius 3 is 2.39 bits per heavy atom. The number of hydrogen-bond acceptors (Lipinski definition) is 6. The molecule has 5 rings (SSSR count). The van der Waals surface area contributed by atoms with E-state index in [4.69, 9.17) is 0 Å². The first kappa shape index (κ1) is 21.5. The van der Waals surface area contributed by atoms with Gasteiger partial charge in [0.15, 0.2) is 0 Å². The highest BCUT2D eigenvalue weighted by atomic mass is 16.6. The minimum absolute atomic E-state index is 0.0668. The Kier molecular flexibility index (Phi) is 6.70. The van der Waals surface area contributed by atoms with Crippen LogP contribution in [0.3, 0.4) is 0 Å². The van der Waals surface area contributed by atoms with Gasteiger partial charge in [0.2, 0.25) is 0 Å². The first-order chi connectivity index (χ1) is 15.0. The van der Waals surface area contributed by atoms with Gasteiger partial charge in [0.1, 0.15) is 0 Å². The lowest BCUT2D eigenvalue weighted by Crippen LogP contribution is -2.68. The predicted octanol–water partition coefficient (Wildman–Crippen LogP) is 3.60. The number of piperazine rings is 3. The molecule has 3 fully saturated rings. The van der Waals surface area contributed by atoms with Gasteiger partial charge in [-0.05, 0) is 49.2 Å². The first-order valence-corrected chi connectivity index (χ1v) is 11.1. The highest BCUT2D eigenvalue weighted by Gasteiger charge is 2.37. The molecule has 0 unspecified atom stereocenters. The number of rotatable bonds is 9. The summed E-state index contributed by atoms with van der Waals surface area (Å²) in [6.07, 6.45) is 0.993. The molecule has 3 aliphatic heterocycles. The molecule has 8 heteroatoms. The largest absolute Gasteiger partial charge is 0.319 e. The molecule has 0 spiro atoms. The van der Waals surface area contributed by atoms with Gasteiger partial charge in [0.05, 0.1) is 42.5 Å². The van der Waals surface area contributed by atoms with E-state index in [0.29, 0.717) is 5.69 Å². The third kappa shape index (κ3) is 5.52.